The molecule has 0 aromatic heterocycles. The fourth-order valence-corrected chi connectivity index (χ4v) is 3.01. The molecule has 0 atom stereocenters. The highest BCUT2D eigenvalue weighted by molar-refractivity contribution is 5.94. The molecule has 0 aliphatic carbocycles. The molecule has 0 N–H and O–H groups in total. The van der Waals surface area contributed by atoms with Crippen LogP contribution < -0.4 is 0 Å². The molecule has 0 spiro atoms. The van der Waals surface area contributed by atoms with E-state index in [4.69, 9.17) is 5.26 Å². The zero-order chi connectivity index (χ0) is 15.4. The number of carbonyl (C=O) groups excluding carboxylic acids is 1. The third-order valence-corrected chi connectivity index (χ3v) is 4.31. The van der Waals surface area contributed by atoms with Crippen LogP contribution in [0.3, 0.4) is 0 Å². The fraction of sp³-hybridized carbons (Fsp3) is 0.263. The lowest BCUT2D eigenvalue weighted by molar-refractivity contribution is 0.0713. The van der Waals surface area contributed by atoms with Crippen molar-refractivity contribution in [1.82, 2.24) is 4.90 Å². The number of nitrogens with zero attached hydrogens (tertiary/aromatic N) is 2. The lowest BCUT2D eigenvalue weighted by Gasteiger charge is -2.32. The second-order valence-corrected chi connectivity index (χ2v) is 5.67. The summed E-state index contributed by atoms with van der Waals surface area (Å²) in [5, 5.41) is 8.81. The minimum absolute atomic E-state index is 0.0657. The van der Waals surface area contributed by atoms with Crippen LogP contribution in [0, 0.1) is 11.3 Å². The Labute approximate surface area is 130 Å². The number of hydrogen-bond acceptors (Lipinski definition) is 2. The Morgan fingerprint density at radius 2 is 1.64 bits per heavy atom. The SMILES string of the molecule is N#Cc1ccc(C(=O)N2CCC(c3ccccc3)CC2)cc1. The van der Waals surface area contributed by atoms with Crippen LogP contribution in [0.4, 0.5) is 0 Å². The van der Waals surface area contributed by atoms with E-state index in [9.17, 15) is 4.79 Å². The van der Waals surface area contributed by atoms with Crippen molar-refractivity contribution < 1.29 is 4.79 Å². The zero-order valence-corrected chi connectivity index (χ0v) is 12.4. The van der Waals surface area contributed by atoms with Gasteiger partial charge >= 0.3 is 0 Å². The van der Waals surface area contributed by atoms with Gasteiger partial charge in [-0.3, -0.25) is 4.79 Å². The average molecular weight is 290 g/mol. The first-order chi connectivity index (χ1) is 10.8. The van der Waals surface area contributed by atoms with Crippen molar-refractivity contribution in [3.8, 4) is 6.07 Å². The Hall–Kier alpha value is -2.60. The molecule has 1 amide bonds. The second kappa shape index (κ2) is 6.44. The monoisotopic (exact) mass is 290 g/mol. The molecule has 1 aliphatic heterocycles. The van der Waals surface area contributed by atoms with Gasteiger partial charge in [-0.15, -0.1) is 0 Å². The maximum Gasteiger partial charge on any atom is 0.253 e. The molecular weight excluding hydrogens is 272 g/mol. The number of nitriles is 1. The Morgan fingerprint density at radius 1 is 1.00 bits per heavy atom. The Balaban J connectivity index is 1.63. The summed E-state index contributed by atoms with van der Waals surface area (Å²) in [5.74, 6) is 0.613. The smallest absolute Gasteiger partial charge is 0.253 e. The fourth-order valence-electron chi connectivity index (χ4n) is 3.01. The first kappa shape index (κ1) is 14.3. The van der Waals surface area contributed by atoms with Crippen molar-refractivity contribution in [2.24, 2.45) is 0 Å². The Bertz CT molecular complexity index is 678. The van der Waals surface area contributed by atoms with Crippen LogP contribution in [0.2, 0.25) is 0 Å². The maximum absolute atomic E-state index is 12.5. The van der Waals surface area contributed by atoms with Crippen LogP contribution in [-0.4, -0.2) is 23.9 Å². The molecule has 110 valence electrons. The van der Waals surface area contributed by atoms with Crippen molar-refractivity contribution in [3.05, 3.63) is 71.3 Å². The van der Waals surface area contributed by atoms with Crippen LogP contribution in [0.5, 0.6) is 0 Å². The lowest BCUT2D eigenvalue weighted by Crippen LogP contribution is -2.37. The van der Waals surface area contributed by atoms with Gasteiger partial charge in [0.25, 0.3) is 5.91 Å². The maximum atomic E-state index is 12.5. The zero-order valence-electron chi connectivity index (χ0n) is 12.4. The van der Waals surface area contributed by atoms with Gasteiger partial charge in [-0.1, -0.05) is 30.3 Å². The predicted molar refractivity (Wildman–Crippen MR) is 85.5 cm³/mol. The highest BCUT2D eigenvalue weighted by Crippen LogP contribution is 2.28. The van der Waals surface area contributed by atoms with Gasteiger partial charge in [0.15, 0.2) is 0 Å². The van der Waals surface area contributed by atoms with E-state index in [1.165, 1.54) is 5.56 Å². The van der Waals surface area contributed by atoms with Gasteiger partial charge in [0.1, 0.15) is 0 Å². The highest BCUT2D eigenvalue weighted by Gasteiger charge is 2.24. The summed E-state index contributed by atoms with van der Waals surface area (Å²) in [6, 6.07) is 19.5. The van der Waals surface area contributed by atoms with E-state index in [0.29, 0.717) is 17.0 Å². The molecule has 3 nitrogen and oxygen atoms in total. The van der Waals surface area contributed by atoms with E-state index >= 15 is 0 Å². The molecule has 2 aromatic carbocycles. The molecular formula is C19H18N2O. The van der Waals surface area contributed by atoms with Gasteiger partial charge in [-0.05, 0) is 48.6 Å². The summed E-state index contributed by atoms with van der Waals surface area (Å²) in [4.78, 5) is 14.4. The predicted octanol–water partition coefficient (Wildman–Crippen LogP) is 3.58. The van der Waals surface area contributed by atoms with E-state index in [1.54, 1.807) is 24.3 Å². The number of amides is 1. The van der Waals surface area contributed by atoms with Crippen LogP contribution in [0.25, 0.3) is 0 Å². The van der Waals surface area contributed by atoms with E-state index in [0.717, 1.165) is 25.9 Å². The minimum Gasteiger partial charge on any atom is -0.339 e. The molecule has 1 fully saturated rings. The molecule has 0 radical (unpaired) electrons. The quantitative estimate of drug-likeness (QED) is 0.848. The summed E-state index contributed by atoms with van der Waals surface area (Å²) in [6.07, 6.45) is 2.01. The highest BCUT2D eigenvalue weighted by atomic mass is 16.2. The standard InChI is InChI=1S/C19H18N2O/c20-14-15-6-8-18(9-7-15)19(22)21-12-10-17(11-13-21)16-4-2-1-3-5-16/h1-9,17H,10-13H2. The Kier molecular flexibility index (Phi) is 4.20. The Morgan fingerprint density at radius 3 is 2.23 bits per heavy atom. The topological polar surface area (TPSA) is 44.1 Å². The van der Waals surface area contributed by atoms with Crippen LogP contribution in [-0.2, 0) is 0 Å². The van der Waals surface area contributed by atoms with E-state index < -0.39 is 0 Å². The number of carbonyl (C=O) groups is 1. The third kappa shape index (κ3) is 3.01. The summed E-state index contributed by atoms with van der Waals surface area (Å²) < 4.78 is 0. The van der Waals surface area contributed by atoms with Gasteiger partial charge in [0.05, 0.1) is 11.6 Å². The molecule has 1 heterocycles. The van der Waals surface area contributed by atoms with Gasteiger partial charge in [-0.2, -0.15) is 5.26 Å². The van der Waals surface area contributed by atoms with Crippen molar-refractivity contribution in [2.45, 2.75) is 18.8 Å². The van der Waals surface area contributed by atoms with Crippen molar-refractivity contribution >= 4 is 5.91 Å². The first-order valence-corrected chi connectivity index (χ1v) is 7.62. The summed E-state index contributed by atoms with van der Waals surface area (Å²) in [5.41, 5.74) is 2.62. The third-order valence-electron chi connectivity index (χ3n) is 4.31. The molecule has 3 rings (SSSR count). The van der Waals surface area contributed by atoms with Crippen molar-refractivity contribution in [2.75, 3.05) is 13.1 Å². The van der Waals surface area contributed by atoms with Gasteiger partial charge in [0, 0.05) is 18.7 Å². The molecule has 1 saturated heterocycles. The molecule has 3 heteroatoms. The first-order valence-electron chi connectivity index (χ1n) is 7.62. The lowest BCUT2D eigenvalue weighted by atomic mass is 9.89. The number of likely N-dealkylation sites (tertiary alicyclic amines) is 1. The molecule has 22 heavy (non-hydrogen) atoms. The number of benzene rings is 2. The minimum atomic E-state index is 0.0657. The summed E-state index contributed by atoms with van der Waals surface area (Å²) in [6.45, 7) is 1.58. The summed E-state index contributed by atoms with van der Waals surface area (Å²) in [7, 11) is 0. The average Bonchev–Trinajstić information content (AvgIpc) is 2.62. The molecule has 0 saturated carbocycles. The second-order valence-electron chi connectivity index (χ2n) is 5.67. The van der Waals surface area contributed by atoms with Crippen molar-refractivity contribution in [3.63, 3.8) is 0 Å². The van der Waals surface area contributed by atoms with Gasteiger partial charge in [0.2, 0.25) is 0 Å². The van der Waals surface area contributed by atoms with Crippen molar-refractivity contribution in [1.29, 1.82) is 5.26 Å². The van der Waals surface area contributed by atoms with E-state index in [1.807, 2.05) is 11.0 Å². The number of piperidine rings is 1. The van der Waals surface area contributed by atoms with E-state index in [2.05, 4.69) is 30.3 Å². The molecule has 1 aliphatic rings. The molecule has 0 unspecified atom stereocenters. The number of hydrogen-bond donors (Lipinski definition) is 0. The normalized spacial score (nSPS) is 15.3. The van der Waals surface area contributed by atoms with E-state index in [-0.39, 0.29) is 5.91 Å². The number of rotatable bonds is 2. The van der Waals surface area contributed by atoms with Crippen LogP contribution >= 0.6 is 0 Å². The summed E-state index contributed by atoms with van der Waals surface area (Å²) >= 11 is 0. The van der Waals surface area contributed by atoms with Gasteiger partial charge in [-0.25, -0.2) is 0 Å². The van der Waals surface area contributed by atoms with Crippen LogP contribution in [0.15, 0.2) is 54.6 Å². The largest absolute Gasteiger partial charge is 0.339 e. The molecule has 2 aromatic rings. The molecule has 0 bridgehead atoms. The van der Waals surface area contributed by atoms with Crippen LogP contribution in [0.1, 0.15) is 40.2 Å². The van der Waals surface area contributed by atoms with Gasteiger partial charge < -0.3 is 4.90 Å².